The molecule has 0 saturated heterocycles. The second-order valence-electron chi connectivity index (χ2n) is 8.03. The quantitative estimate of drug-likeness (QED) is 0.483. The fourth-order valence-electron chi connectivity index (χ4n) is 3.55. The van der Waals surface area contributed by atoms with Gasteiger partial charge in [-0.2, -0.15) is 0 Å². The van der Waals surface area contributed by atoms with Crippen molar-refractivity contribution in [1.82, 2.24) is 25.3 Å². The summed E-state index contributed by atoms with van der Waals surface area (Å²) in [6.45, 7) is 9.26. The Morgan fingerprint density at radius 3 is 2.45 bits per heavy atom. The SMILES string of the molecule is Cc1cccc(-c2ncc(CN[C@H](c3nc4ccc(C)cc4[nH]3)C(C)C)cn2)c1. The maximum atomic E-state index is 4.80. The van der Waals surface area contributed by atoms with E-state index in [1.807, 2.05) is 24.5 Å². The molecule has 0 radical (unpaired) electrons. The van der Waals surface area contributed by atoms with Crippen molar-refractivity contribution in [3.63, 3.8) is 0 Å². The third-order valence-corrected chi connectivity index (χ3v) is 5.12. The standard InChI is InChI=1S/C24H27N5/c1-15(2)22(24-28-20-9-8-17(4)11-21(20)29-24)25-12-18-13-26-23(27-14-18)19-7-5-6-16(3)10-19/h5-11,13-15,22,25H,12H2,1-4H3,(H,28,29)/t22-/m0/s1. The zero-order valence-corrected chi connectivity index (χ0v) is 17.4. The molecule has 5 heteroatoms. The van der Waals surface area contributed by atoms with Crippen molar-refractivity contribution >= 4 is 11.0 Å². The maximum absolute atomic E-state index is 4.80. The molecule has 0 amide bonds. The van der Waals surface area contributed by atoms with E-state index in [0.29, 0.717) is 12.5 Å². The van der Waals surface area contributed by atoms with Gasteiger partial charge in [0.2, 0.25) is 0 Å². The largest absolute Gasteiger partial charge is 0.341 e. The summed E-state index contributed by atoms with van der Waals surface area (Å²) in [5.41, 5.74) is 6.62. The van der Waals surface area contributed by atoms with Crippen LogP contribution < -0.4 is 5.32 Å². The molecule has 2 aromatic heterocycles. The predicted molar refractivity (Wildman–Crippen MR) is 117 cm³/mol. The molecule has 0 bridgehead atoms. The van der Waals surface area contributed by atoms with Gasteiger partial charge in [0.25, 0.3) is 0 Å². The molecule has 4 aromatic rings. The summed E-state index contributed by atoms with van der Waals surface area (Å²) in [4.78, 5) is 17.4. The number of imidazole rings is 1. The van der Waals surface area contributed by atoms with Gasteiger partial charge in [-0.15, -0.1) is 0 Å². The molecular weight excluding hydrogens is 358 g/mol. The van der Waals surface area contributed by atoms with Crippen molar-refractivity contribution in [3.05, 3.63) is 77.4 Å². The maximum Gasteiger partial charge on any atom is 0.159 e. The van der Waals surface area contributed by atoms with Gasteiger partial charge in [0.15, 0.2) is 5.82 Å². The van der Waals surface area contributed by atoms with Crippen LogP contribution in [-0.4, -0.2) is 19.9 Å². The summed E-state index contributed by atoms with van der Waals surface area (Å²) in [7, 11) is 0. The van der Waals surface area contributed by atoms with Gasteiger partial charge in [0, 0.05) is 30.1 Å². The van der Waals surface area contributed by atoms with Crippen LogP contribution in [0.3, 0.4) is 0 Å². The Morgan fingerprint density at radius 2 is 1.72 bits per heavy atom. The smallest absolute Gasteiger partial charge is 0.159 e. The number of H-pyrrole nitrogens is 1. The van der Waals surface area contributed by atoms with Crippen LogP contribution >= 0.6 is 0 Å². The second-order valence-corrected chi connectivity index (χ2v) is 8.03. The summed E-state index contributed by atoms with van der Waals surface area (Å²) >= 11 is 0. The van der Waals surface area contributed by atoms with Crippen molar-refractivity contribution in [1.29, 1.82) is 0 Å². The van der Waals surface area contributed by atoms with Crippen LogP contribution in [0.5, 0.6) is 0 Å². The first-order valence-electron chi connectivity index (χ1n) is 10.1. The molecule has 5 nitrogen and oxygen atoms in total. The predicted octanol–water partition coefficient (Wildman–Crippen LogP) is 5.12. The Balaban J connectivity index is 1.49. The lowest BCUT2D eigenvalue weighted by Gasteiger charge is -2.20. The molecule has 0 fully saturated rings. The van der Waals surface area contributed by atoms with Crippen molar-refractivity contribution in [3.8, 4) is 11.4 Å². The van der Waals surface area contributed by atoms with E-state index in [4.69, 9.17) is 4.98 Å². The highest BCUT2D eigenvalue weighted by atomic mass is 15.0. The van der Waals surface area contributed by atoms with Crippen LogP contribution in [0.2, 0.25) is 0 Å². The van der Waals surface area contributed by atoms with Gasteiger partial charge < -0.3 is 10.3 Å². The minimum absolute atomic E-state index is 0.124. The van der Waals surface area contributed by atoms with Gasteiger partial charge in [-0.3, -0.25) is 0 Å². The molecule has 148 valence electrons. The van der Waals surface area contributed by atoms with E-state index in [2.05, 4.69) is 78.3 Å². The number of rotatable bonds is 6. The van der Waals surface area contributed by atoms with Gasteiger partial charge in [-0.1, -0.05) is 43.7 Å². The molecule has 4 rings (SSSR count). The Morgan fingerprint density at radius 1 is 0.966 bits per heavy atom. The molecular formula is C24H27N5. The first-order valence-corrected chi connectivity index (χ1v) is 10.1. The van der Waals surface area contributed by atoms with Gasteiger partial charge in [-0.05, 0) is 43.5 Å². The van der Waals surface area contributed by atoms with E-state index < -0.39 is 0 Å². The molecule has 0 unspecified atom stereocenters. The lowest BCUT2D eigenvalue weighted by atomic mass is 10.0. The summed E-state index contributed by atoms with van der Waals surface area (Å²) in [6, 6.07) is 14.7. The van der Waals surface area contributed by atoms with E-state index >= 15 is 0 Å². The van der Waals surface area contributed by atoms with Crippen molar-refractivity contribution in [2.24, 2.45) is 5.92 Å². The van der Waals surface area contributed by atoms with Crippen LogP contribution in [0.25, 0.3) is 22.4 Å². The van der Waals surface area contributed by atoms with Gasteiger partial charge in [0.1, 0.15) is 5.82 Å². The van der Waals surface area contributed by atoms with E-state index in [-0.39, 0.29) is 6.04 Å². The lowest BCUT2D eigenvalue weighted by molar-refractivity contribution is 0.395. The number of hydrogen-bond donors (Lipinski definition) is 2. The molecule has 0 aliphatic carbocycles. The van der Waals surface area contributed by atoms with E-state index in [1.54, 1.807) is 0 Å². The number of aryl methyl sites for hydroxylation is 2. The van der Waals surface area contributed by atoms with Crippen LogP contribution in [0.15, 0.2) is 54.9 Å². The Hall–Kier alpha value is -3.05. The monoisotopic (exact) mass is 385 g/mol. The molecule has 29 heavy (non-hydrogen) atoms. The highest BCUT2D eigenvalue weighted by Crippen LogP contribution is 2.23. The Labute approximate surface area is 171 Å². The minimum atomic E-state index is 0.124. The number of fused-ring (bicyclic) bond motifs is 1. The zero-order valence-electron chi connectivity index (χ0n) is 17.4. The van der Waals surface area contributed by atoms with Gasteiger partial charge in [0.05, 0.1) is 17.1 Å². The normalized spacial score (nSPS) is 12.6. The topological polar surface area (TPSA) is 66.5 Å². The van der Waals surface area contributed by atoms with Gasteiger partial charge in [-0.25, -0.2) is 15.0 Å². The van der Waals surface area contributed by atoms with Crippen molar-refractivity contribution in [2.75, 3.05) is 0 Å². The highest BCUT2D eigenvalue weighted by molar-refractivity contribution is 5.75. The van der Waals surface area contributed by atoms with Crippen molar-refractivity contribution < 1.29 is 0 Å². The third kappa shape index (κ3) is 4.35. The molecule has 2 aromatic carbocycles. The van der Waals surface area contributed by atoms with E-state index in [1.165, 1.54) is 11.1 Å². The van der Waals surface area contributed by atoms with Crippen LogP contribution in [-0.2, 0) is 6.54 Å². The minimum Gasteiger partial charge on any atom is -0.341 e. The molecule has 0 saturated carbocycles. The molecule has 0 aliphatic rings. The first-order chi connectivity index (χ1) is 14.0. The number of nitrogens with zero attached hydrogens (tertiary/aromatic N) is 3. The number of hydrogen-bond acceptors (Lipinski definition) is 4. The average molecular weight is 386 g/mol. The van der Waals surface area contributed by atoms with E-state index in [0.717, 1.165) is 33.8 Å². The number of aromatic amines is 1. The van der Waals surface area contributed by atoms with Gasteiger partial charge >= 0.3 is 0 Å². The van der Waals surface area contributed by atoms with Crippen LogP contribution in [0.1, 0.15) is 42.4 Å². The summed E-state index contributed by atoms with van der Waals surface area (Å²) in [5.74, 6) is 2.12. The number of benzene rings is 2. The fourth-order valence-corrected chi connectivity index (χ4v) is 3.55. The van der Waals surface area contributed by atoms with E-state index in [9.17, 15) is 0 Å². The molecule has 1 atom stereocenters. The summed E-state index contributed by atoms with van der Waals surface area (Å²) < 4.78 is 0. The van der Waals surface area contributed by atoms with Crippen LogP contribution in [0, 0.1) is 19.8 Å². The fraction of sp³-hybridized carbons (Fsp3) is 0.292. The first kappa shape index (κ1) is 19.3. The highest BCUT2D eigenvalue weighted by Gasteiger charge is 2.19. The van der Waals surface area contributed by atoms with Crippen LogP contribution in [0.4, 0.5) is 0 Å². The molecule has 2 heterocycles. The summed E-state index contributed by atoms with van der Waals surface area (Å²) in [5, 5.41) is 3.62. The molecule has 0 aliphatic heterocycles. The number of aromatic nitrogens is 4. The Kier molecular flexibility index (Phi) is 5.41. The lowest BCUT2D eigenvalue weighted by Crippen LogP contribution is -2.26. The summed E-state index contributed by atoms with van der Waals surface area (Å²) in [6.07, 6.45) is 3.80. The molecule has 2 N–H and O–H groups in total. The third-order valence-electron chi connectivity index (χ3n) is 5.12. The zero-order chi connectivity index (χ0) is 20.4. The molecule has 0 spiro atoms. The van der Waals surface area contributed by atoms with Crippen molar-refractivity contribution in [2.45, 2.75) is 40.3 Å². The second kappa shape index (κ2) is 8.13. The number of nitrogens with one attached hydrogen (secondary N) is 2. The Bertz CT molecular complexity index is 1110. The average Bonchev–Trinajstić information content (AvgIpc) is 3.11.